The third kappa shape index (κ3) is 6.58. The fourth-order valence-corrected chi connectivity index (χ4v) is 3.58. The molecule has 0 spiro atoms. The van der Waals surface area contributed by atoms with Crippen LogP contribution in [0.15, 0.2) is 53.0 Å². The van der Waals surface area contributed by atoms with E-state index in [1.165, 1.54) is 0 Å². The zero-order valence-electron chi connectivity index (χ0n) is 17.8. The van der Waals surface area contributed by atoms with Crippen LogP contribution in [-0.4, -0.2) is 35.1 Å². The molecule has 0 saturated heterocycles. The number of halogens is 3. The summed E-state index contributed by atoms with van der Waals surface area (Å²) in [5, 5.41) is 13.1. The number of carbonyl (C=O) groups is 2. The van der Waals surface area contributed by atoms with E-state index in [2.05, 4.69) is 45.0 Å². The molecular weight excluding hydrogens is 517 g/mol. The maximum Gasteiger partial charge on any atom is 0.336 e. The highest BCUT2D eigenvalue weighted by atomic mass is 79.9. The molecule has 0 aliphatic carbocycles. The Labute approximate surface area is 208 Å². The largest absolute Gasteiger partial charge is 0.478 e. The van der Waals surface area contributed by atoms with Gasteiger partial charge in [0.2, 0.25) is 0 Å². The number of hydrogen-bond donors (Lipinski definition) is 2. The van der Waals surface area contributed by atoms with E-state index in [0.29, 0.717) is 28.0 Å². The first-order valence-electron chi connectivity index (χ1n) is 9.93. The molecule has 9 heteroatoms. The van der Waals surface area contributed by atoms with Gasteiger partial charge in [0.1, 0.15) is 5.82 Å². The van der Waals surface area contributed by atoms with Gasteiger partial charge in [-0.25, -0.2) is 9.78 Å². The van der Waals surface area contributed by atoms with Crippen molar-refractivity contribution in [3.05, 3.63) is 64.1 Å². The number of nitrogens with one attached hydrogen (secondary N) is 1. The Bertz CT molecular complexity index is 1070. The Kier molecular flexibility index (Phi) is 10.9. The van der Waals surface area contributed by atoms with Crippen LogP contribution < -0.4 is 10.2 Å². The fourth-order valence-electron chi connectivity index (χ4n) is 3.31. The van der Waals surface area contributed by atoms with Gasteiger partial charge >= 0.3 is 5.97 Å². The summed E-state index contributed by atoms with van der Waals surface area (Å²) in [5.74, 6) is -0.622. The lowest BCUT2D eigenvalue weighted by Gasteiger charge is -2.23. The first-order chi connectivity index (χ1) is 14.4. The number of carboxylic acid groups (broad SMARTS) is 1. The van der Waals surface area contributed by atoms with Crippen molar-refractivity contribution in [3.63, 3.8) is 0 Å². The highest BCUT2D eigenvalue weighted by molar-refractivity contribution is 9.10. The molecule has 0 radical (unpaired) electrons. The van der Waals surface area contributed by atoms with Crippen LogP contribution >= 0.6 is 40.7 Å². The number of pyridine rings is 1. The summed E-state index contributed by atoms with van der Waals surface area (Å²) in [6.07, 6.45) is 1.90. The Hall–Kier alpha value is -2.35. The van der Waals surface area contributed by atoms with Crippen molar-refractivity contribution in [3.8, 4) is 0 Å². The molecule has 1 heterocycles. The predicted octanol–water partition coefficient (Wildman–Crippen LogP) is 6.42. The van der Waals surface area contributed by atoms with Gasteiger partial charge in [0.25, 0.3) is 5.91 Å². The van der Waals surface area contributed by atoms with Crippen molar-refractivity contribution < 1.29 is 14.7 Å². The smallest absolute Gasteiger partial charge is 0.336 e. The summed E-state index contributed by atoms with van der Waals surface area (Å²) in [6.45, 7) is 5.80. The monoisotopic (exact) mass is 541 g/mol. The van der Waals surface area contributed by atoms with Crippen LogP contribution in [0.1, 0.15) is 47.4 Å². The van der Waals surface area contributed by atoms with Gasteiger partial charge in [-0.2, -0.15) is 0 Å². The summed E-state index contributed by atoms with van der Waals surface area (Å²) in [7, 11) is 0. The molecular formula is C23H26BrCl2N3O3. The third-order valence-corrected chi connectivity index (χ3v) is 5.23. The lowest BCUT2D eigenvalue weighted by molar-refractivity contribution is 0.0698. The average molecular weight is 543 g/mol. The number of rotatable bonds is 8. The Balaban J connectivity index is 0.00000256. The van der Waals surface area contributed by atoms with Crippen molar-refractivity contribution in [1.82, 2.24) is 4.98 Å². The van der Waals surface area contributed by atoms with Crippen LogP contribution in [0.5, 0.6) is 0 Å². The Morgan fingerprint density at radius 3 is 2.19 bits per heavy atom. The third-order valence-electron chi connectivity index (χ3n) is 4.70. The molecule has 0 aliphatic heterocycles. The van der Waals surface area contributed by atoms with Crippen LogP contribution in [-0.2, 0) is 0 Å². The van der Waals surface area contributed by atoms with Crippen LogP contribution in [0, 0.1) is 0 Å². The molecule has 32 heavy (non-hydrogen) atoms. The molecule has 0 fully saturated rings. The average Bonchev–Trinajstić information content (AvgIpc) is 2.73. The van der Waals surface area contributed by atoms with Gasteiger partial charge in [0.05, 0.1) is 11.1 Å². The highest BCUT2D eigenvalue weighted by Crippen LogP contribution is 2.27. The number of benzene rings is 2. The second-order valence-corrected chi connectivity index (χ2v) is 7.93. The molecule has 6 nitrogen and oxygen atoms in total. The summed E-state index contributed by atoms with van der Waals surface area (Å²) in [5.41, 5.74) is 1.79. The van der Waals surface area contributed by atoms with Gasteiger partial charge in [-0.3, -0.25) is 4.79 Å². The number of amides is 1. The molecule has 2 N–H and O–H groups in total. The van der Waals surface area contributed by atoms with E-state index in [0.717, 1.165) is 30.4 Å². The van der Waals surface area contributed by atoms with Crippen molar-refractivity contribution in [1.29, 1.82) is 0 Å². The SMILES string of the molecule is CCCN(CCC)c1cc(C(=O)O)c2cc(NC(=O)c3ccc(Br)cc3)ccc2n1.Cl.Cl. The van der Waals surface area contributed by atoms with Crippen LogP contribution in [0.3, 0.4) is 0 Å². The molecule has 0 bridgehead atoms. The maximum absolute atomic E-state index is 12.5. The minimum Gasteiger partial charge on any atom is -0.478 e. The standard InChI is InChI=1S/C23H24BrN3O3.2ClH/c1-3-11-27(12-4-2)21-14-19(23(29)30)18-13-17(9-10-20(18)26-21)25-22(28)15-5-7-16(24)8-6-15;;/h5-10,13-14H,3-4,11-12H2,1-2H3,(H,25,28)(H,29,30);2*1H. The molecule has 1 amide bonds. The van der Waals surface area contributed by atoms with Crippen molar-refractivity contribution >= 4 is 75.0 Å². The molecule has 0 saturated carbocycles. The molecule has 172 valence electrons. The van der Waals surface area contributed by atoms with Crippen LogP contribution in [0.25, 0.3) is 10.9 Å². The normalized spacial score (nSPS) is 10.1. The number of carboxylic acids is 1. The van der Waals surface area contributed by atoms with E-state index < -0.39 is 5.97 Å². The maximum atomic E-state index is 12.5. The van der Waals surface area contributed by atoms with Gasteiger partial charge < -0.3 is 15.3 Å². The summed E-state index contributed by atoms with van der Waals surface area (Å²) < 4.78 is 0.887. The number of aromatic carboxylic acids is 1. The lowest BCUT2D eigenvalue weighted by Crippen LogP contribution is -2.26. The van der Waals surface area contributed by atoms with Gasteiger partial charge in [-0.1, -0.05) is 29.8 Å². The van der Waals surface area contributed by atoms with Crippen LogP contribution in [0.4, 0.5) is 11.5 Å². The first kappa shape index (κ1) is 27.7. The fraction of sp³-hybridized carbons (Fsp3) is 0.261. The minimum atomic E-state index is -1.02. The van der Waals surface area contributed by atoms with E-state index in [-0.39, 0.29) is 36.3 Å². The topological polar surface area (TPSA) is 82.5 Å². The number of nitrogens with zero attached hydrogens (tertiary/aromatic N) is 2. The zero-order valence-corrected chi connectivity index (χ0v) is 21.0. The van der Waals surface area contributed by atoms with E-state index in [4.69, 9.17) is 0 Å². The van der Waals surface area contributed by atoms with Gasteiger partial charge in [-0.15, -0.1) is 24.8 Å². The number of aromatic nitrogens is 1. The van der Waals surface area contributed by atoms with Gasteiger partial charge in [0.15, 0.2) is 0 Å². The summed E-state index contributed by atoms with van der Waals surface area (Å²) >= 11 is 3.35. The van der Waals surface area contributed by atoms with Crippen molar-refractivity contribution in [2.75, 3.05) is 23.3 Å². The van der Waals surface area contributed by atoms with Gasteiger partial charge in [0, 0.05) is 34.2 Å². The number of fused-ring (bicyclic) bond motifs is 1. The minimum absolute atomic E-state index is 0. The molecule has 0 aliphatic rings. The molecule has 3 rings (SSSR count). The quantitative estimate of drug-likeness (QED) is 0.343. The number of carbonyl (C=O) groups excluding carboxylic acids is 1. The lowest BCUT2D eigenvalue weighted by atomic mass is 10.1. The second-order valence-electron chi connectivity index (χ2n) is 7.01. The molecule has 0 atom stereocenters. The Morgan fingerprint density at radius 1 is 1.00 bits per heavy atom. The highest BCUT2D eigenvalue weighted by Gasteiger charge is 2.16. The van der Waals surface area contributed by atoms with E-state index in [1.54, 1.807) is 48.5 Å². The van der Waals surface area contributed by atoms with Crippen molar-refractivity contribution in [2.45, 2.75) is 26.7 Å². The van der Waals surface area contributed by atoms with E-state index in [9.17, 15) is 14.7 Å². The first-order valence-corrected chi connectivity index (χ1v) is 10.7. The van der Waals surface area contributed by atoms with Crippen LogP contribution in [0.2, 0.25) is 0 Å². The summed E-state index contributed by atoms with van der Waals surface area (Å²) in [4.78, 5) is 31.3. The molecule has 3 aromatic rings. The summed E-state index contributed by atoms with van der Waals surface area (Å²) in [6, 6.07) is 13.8. The number of anilines is 2. The predicted molar refractivity (Wildman–Crippen MR) is 138 cm³/mol. The molecule has 1 aromatic heterocycles. The molecule has 2 aromatic carbocycles. The molecule has 0 unspecified atom stereocenters. The number of hydrogen-bond acceptors (Lipinski definition) is 4. The second kappa shape index (κ2) is 12.6. The van der Waals surface area contributed by atoms with Crippen molar-refractivity contribution in [2.24, 2.45) is 0 Å². The van der Waals surface area contributed by atoms with Gasteiger partial charge in [-0.05, 0) is 61.4 Å². The van der Waals surface area contributed by atoms with E-state index in [1.807, 2.05) is 0 Å². The van der Waals surface area contributed by atoms with E-state index >= 15 is 0 Å². The zero-order chi connectivity index (χ0) is 21.7. The Morgan fingerprint density at radius 2 is 1.62 bits per heavy atom.